The molecular formula is C16H29N5. The van der Waals surface area contributed by atoms with E-state index in [2.05, 4.69) is 47.5 Å². The Labute approximate surface area is 128 Å². The Morgan fingerprint density at radius 3 is 2.48 bits per heavy atom. The van der Waals surface area contributed by atoms with E-state index in [1.807, 2.05) is 4.68 Å². The highest BCUT2D eigenvalue weighted by Crippen LogP contribution is 2.28. The Morgan fingerprint density at radius 2 is 1.90 bits per heavy atom. The molecule has 2 aliphatic rings. The number of nitrogens with one attached hydrogen (secondary N) is 1. The number of nitrogens with zero attached hydrogens (tertiary/aromatic N) is 4. The fraction of sp³-hybridized carbons (Fsp3) is 0.875. The largest absolute Gasteiger partial charge is 0.314 e. The Kier molecular flexibility index (Phi) is 4.31. The Hall–Kier alpha value is -0.940. The molecule has 0 atom stereocenters. The van der Waals surface area contributed by atoms with Crippen LogP contribution >= 0.6 is 0 Å². The van der Waals surface area contributed by atoms with Crippen molar-refractivity contribution in [3.05, 3.63) is 11.9 Å². The van der Waals surface area contributed by atoms with Crippen molar-refractivity contribution >= 4 is 0 Å². The lowest BCUT2D eigenvalue weighted by Crippen LogP contribution is -2.42. The highest BCUT2D eigenvalue weighted by Gasteiger charge is 2.25. The van der Waals surface area contributed by atoms with E-state index in [0.717, 1.165) is 24.2 Å². The highest BCUT2D eigenvalue weighted by atomic mass is 15.4. The van der Waals surface area contributed by atoms with E-state index in [1.165, 1.54) is 45.3 Å². The van der Waals surface area contributed by atoms with Crippen LogP contribution in [-0.2, 0) is 12.1 Å². The van der Waals surface area contributed by atoms with E-state index in [9.17, 15) is 0 Å². The zero-order chi connectivity index (χ0) is 14.9. The maximum absolute atomic E-state index is 4.32. The molecule has 1 aliphatic heterocycles. The van der Waals surface area contributed by atoms with E-state index in [1.54, 1.807) is 0 Å². The molecule has 21 heavy (non-hydrogen) atoms. The van der Waals surface area contributed by atoms with Crippen molar-refractivity contribution in [3.63, 3.8) is 0 Å². The van der Waals surface area contributed by atoms with Crippen LogP contribution in [0.25, 0.3) is 0 Å². The van der Waals surface area contributed by atoms with Gasteiger partial charge in [-0.15, -0.1) is 5.10 Å². The van der Waals surface area contributed by atoms with Crippen molar-refractivity contribution in [3.8, 4) is 0 Å². The molecule has 0 amide bonds. The number of piperidine rings is 1. The second-order valence-corrected chi connectivity index (χ2v) is 7.73. The molecule has 1 saturated carbocycles. The summed E-state index contributed by atoms with van der Waals surface area (Å²) in [6.45, 7) is 11.0. The lowest BCUT2D eigenvalue weighted by molar-refractivity contribution is 0.188. The van der Waals surface area contributed by atoms with Crippen molar-refractivity contribution < 1.29 is 0 Å². The van der Waals surface area contributed by atoms with Crippen LogP contribution in [0.2, 0.25) is 0 Å². The van der Waals surface area contributed by atoms with Gasteiger partial charge >= 0.3 is 0 Å². The lowest BCUT2D eigenvalue weighted by Gasteiger charge is -2.32. The van der Waals surface area contributed by atoms with Gasteiger partial charge in [0.1, 0.15) is 0 Å². The summed E-state index contributed by atoms with van der Waals surface area (Å²) >= 11 is 0. The van der Waals surface area contributed by atoms with Crippen LogP contribution in [0.4, 0.5) is 0 Å². The topological polar surface area (TPSA) is 46.0 Å². The summed E-state index contributed by atoms with van der Waals surface area (Å²) < 4.78 is 1.96. The summed E-state index contributed by atoms with van der Waals surface area (Å²) in [7, 11) is 0. The number of aromatic nitrogens is 3. The van der Waals surface area contributed by atoms with E-state index in [0.29, 0.717) is 0 Å². The van der Waals surface area contributed by atoms with Crippen LogP contribution < -0.4 is 5.32 Å². The van der Waals surface area contributed by atoms with Crippen LogP contribution in [0.1, 0.15) is 52.1 Å². The first kappa shape index (κ1) is 15.0. The van der Waals surface area contributed by atoms with E-state index in [4.69, 9.17) is 0 Å². The van der Waals surface area contributed by atoms with Gasteiger partial charge in [-0.3, -0.25) is 4.90 Å². The number of rotatable bonds is 5. The third-order valence-corrected chi connectivity index (χ3v) is 4.59. The SMILES string of the molecule is CC(C)(C)n1cc(CN2CCC(NCC3CC3)CC2)nn1. The van der Waals surface area contributed by atoms with Crippen molar-refractivity contribution in [1.82, 2.24) is 25.2 Å². The van der Waals surface area contributed by atoms with Crippen molar-refractivity contribution in [2.24, 2.45) is 5.92 Å². The average Bonchev–Trinajstić information content (AvgIpc) is 3.14. The van der Waals surface area contributed by atoms with Gasteiger partial charge < -0.3 is 5.32 Å². The van der Waals surface area contributed by atoms with Crippen LogP contribution in [0.15, 0.2) is 6.20 Å². The molecular weight excluding hydrogens is 262 g/mol. The minimum atomic E-state index is 0.0188. The third kappa shape index (κ3) is 4.27. The number of likely N-dealkylation sites (tertiary alicyclic amines) is 1. The Balaban J connectivity index is 1.43. The van der Waals surface area contributed by atoms with Crippen molar-refractivity contribution in [1.29, 1.82) is 0 Å². The molecule has 0 spiro atoms. The lowest BCUT2D eigenvalue weighted by atomic mass is 10.0. The minimum absolute atomic E-state index is 0.0188. The first-order valence-electron chi connectivity index (χ1n) is 8.38. The summed E-state index contributed by atoms with van der Waals surface area (Å²) in [6, 6.07) is 0.729. The molecule has 5 heteroatoms. The van der Waals surface area contributed by atoms with Gasteiger partial charge in [0.2, 0.25) is 0 Å². The smallest absolute Gasteiger partial charge is 0.0967 e. The average molecular weight is 291 g/mol. The molecule has 0 bridgehead atoms. The number of hydrogen-bond donors (Lipinski definition) is 1. The van der Waals surface area contributed by atoms with Crippen LogP contribution in [-0.4, -0.2) is 45.6 Å². The maximum Gasteiger partial charge on any atom is 0.0967 e. The minimum Gasteiger partial charge on any atom is -0.314 e. The third-order valence-electron chi connectivity index (χ3n) is 4.59. The zero-order valence-corrected chi connectivity index (χ0v) is 13.7. The summed E-state index contributed by atoms with van der Waals surface area (Å²) in [5, 5.41) is 12.3. The first-order chi connectivity index (χ1) is 10.0. The zero-order valence-electron chi connectivity index (χ0n) is 13.7. The molecule has 1 aromatic heterocycles. The van der Waals surface area contributed by atoms with E-state index >= 15 is 0 Å². The fourth-order valence-corrected chi connectivity index (χ4v) is 2.88. The van der Waals surface area contributed by atoms with Gasteiger partial charge in [0, 0.05) is 25.7 Å². The van der Waals surface area contributed by atoms with Gasteiger partial charge in [-0.25, -0.2) is 4.68 Å². The molecule has 2 heterocycles. The Bertz CT molecular complexity index is 449. The molecule has 0 aromatic carbocycles. The van der Waals surface area contributed by atoms with Crippen molar-refractivity contribution in [2.45, 2.75) is 64.6 Å². The quantitative estimate of drug-likeness (QED) is 0.901. The second-order valence-electron chi connectivity index (χ2n) is 7.73. The van der Waals surface area contributed by atoms with Crippen LogP contribution in [0.5, 0.6) is 0 Å². The summed E-state index contributed by atoms with van der Waals surface area (Å²) in [5.74, 6) is 0.982. The van der Waals surface area contributed by atoms with Gasteiger partial charge in [-0.2, -0.15) is 0 Å². The summed E-state index contributed by atoms with van der Waals surface area (Å²) in [4.78, 5) is 2.51. The van der Waals surface area contributed by atoms with Gasteiger partial charge in [0.25, 0.3) is 0 Å². The van der Waals surface area contributed by atoms with Gasteiger partial charge in [-0.1, -0.05) is 5.21 Å². The second kappa shape index (κ2) is 6.05. The predicted octanol–water partition coefficient (Wildman–Crippen LogP) is 2.00. The molecule has 1 aliphatic carbocycles. The maximum atomic E-state index is 4.32. The molecule has 1 N–H and O–H groups in total. The molecule has 0 unspecified atom stereocenters. The first-order valence-corrected chi connectivity index (χ1v) is 8.38. The molecule has 2 fully saturated rings. The van der Waals surface area contributed by atoms with Gasteiger partial charge in [-0.05, 0) is 58.9 Å². The monoisotopic (exact) mass is 291 g/mol. The fourth-order valence-electron chi connectivity index (χ4n) is 2.88. The van der Waals surface area contributed by atoms with Crippen LogP contribution in [0, 0.1) is 5.92 Å². The highest BCUT2D eigenvalue weighted by molar-refractivity contribution is 4.95. The van der Waals surface area contributed by atoms with Crippen LogP contribution in [0.3, 0.4) is 0 Å². The molecule has 1 saturated heterocycles. The van der Waals surface area contributed by atoms with Crippen molar-refractivity contribution in [2.75, 3.05) is 19.6 Å². The molecule has 5 nitrogen and oxygen atoms in total. The van der Waals surface area contributed by atoms with E-state index < -0.39 is 0 Å². The Morgan fingerprint density at radius 1 is 1.19 bits per heavy atom. The summed E-state index contributed by atoms with van der Waals surface area (Å²) in [5.41, 5.74) is 1.11. The van der Waals surface area contributed by atoms with Gasteiger partial charge in [0.05, 0.1) is 17.4 Å². The molecule has 118 valence electrons. The molecule has 1 aromatic rings. The molecule has 0 radical (unpaired) electrons. The number of hydrogen-bond acceptors (Lipinski definition) is 4. The standard InChI is InChI=1S/C16H29N5/c1-16(2,3)21-12-15(18-19-21)11-20-8-6-14(7-9-20)17-10-13-4-5-13/h12-14,17H,4-11H2,1-3H3. The predicted molar refractivity (Wildman–Crippen MR) is 84.0 cm³/mol. The van der Waals surface area contributed by atoms with Gasteiger partial charge in [0.15, 0.2) is 0 Å². The molecule has 3 rings (SSSR count). The normalized spacial score (nSPS) is 21.9. The summed E-state index contributed by atoms with van der Waals surface area (Å²) in [6.07, 6.45) is 7.50. The van der Waals surface area contributed by atoms with E-state index in [-0.39, 0.29) is 5.54 Å².